The monoisotopic (exact) mass is 319 g/mol. The van der Waals surface area contributed by atoms with E-state index in [1.165, 1.54) is 12.1 Å². The van der Waals surface area contributed by atoms with Crippen LogP contribution in [0.1, 0.15) is 11.1 Å². The molecule has 1 amide bonds. The number of aliphatic hydroxyl groups is 1. The SMILES string of the molecule is N=C(N)c1ccc(NC(=O)C(O)Cc2cc(F)cc(F)c2)cc1. The third kappa shape index (κ3) is 4.58. The van der Waals surface area contributed by atoms with E-state index in [1.54, 1.807) is 12.1 Å². The Morgan fingerprint density at radius 1 is 1.17 bits per heavy atom. The van der Waals surface area contributed by atoms with Crippen LogP contribution in [0.4, 0.5) is 14.5 Å². The van der Waals surface area contributed by atoms with E-state index < -0.39 is 23.6 Å². The summed E-state index contributed by atoms with van der Waals surface area (Å²) in [5, 5.41) is 19.6. The number of hydrogen-bond donors (Lipinski definition) is 4. The maximum atomic E-state index is 13.1. The number of amidine groups is 1. The molecule has 5 nitrogen and oxygen atoms in total. The van der Waals surface area contributed by atoms with E-state index in [1.807, 2.05) is 0 Å². The summed E-state index contributed by atoms with van der Waals surface area (Å²) in [4.78, 5) is 11.9. The third-order valence-corrected chi connectivity index (χ3v) is 3.12. The van der Waals surface area contributed by atoms with E-state index in [-0.39, 0.29) is 17.8 Å². The summed E-state index contributed by atoms with van der Waals surface area (Å²) in [6.07, 6.45) is -1.67. The van der Waals surface area contributed by atoms with Gasteiger partial charge in [0.2, 0.25) is 0 Å². The summed E-state index contributed by atoms with van der Waals surface area (Å²) in [6, 6.07) is 8.99. The van der Waals surface area contributed by atoms with Crippen LogP contribution in [0.15, 0.2) is 42.5 Å². The number of carbonyl (C=O) groups excluding carboxylic acids is 1. The van der Waals surface area contributed by atoms with Gasteiger partial charge in [0.05, 0.1) is 0 Å². The zero-order valence-corrected chi connectivity index (χ0v) is 12.0. The van der Waals surface area contributed by atoms with Crippen molar-refractivity contribution in [3.63, 3.8) is 0 Å². The fourth-order valence-corrected chi connectivity index (χ4v) is 2.00. The smallest absolute Gasteiger partial charge is 0.253 e. The Hall–Kier alpha value is -2.80. The van der Waals surface area contributed by atoms with Crippen molar-refractivity contribution in [1.82, 2.24) is 0 Å². The van der Waals surface area contributed by atoms with Crippen LogP contribution in [0.25, 0.3) is 0 Å². The van der Waals surface area contributed by atoms with Gasteiger partial charge in [0.1, 0.15) is 23.6 Å². The van der Waals surface area contributed by atoms with E-state index in [9.17, 15) is 18.7 Å². The van der Waals surface area contributed by atoms with Gasteiger partial charge in [-0.15, -0.1) is 0 Å². The second-order valence-electron chi connectivity index (χ2n) is 4.98. The van der Waals surface area contributed by atoms with Gasteiger partial charge in [-0.1, -0.05) is 0 Å². The first kappa shape index (κ1) is 16.6. The minimum Gasteiger partial charge on any atom is -0.384 e. The van der Waals surface area contributed by atoms with Gasteiger partial charge in [0, 0.05) is 23.7 Å². The van der Waals surface area contributed by atoms with Crippen LogP contribution >= 0.6 is 0 Å². The molecule has 2 aromatic rings. The number of halogens is 2. The predicted octanol–water partition coefficient (Wildman–Crippen LogP) is 1.79. The summed E-state index contributed by atoms with van der Waals surface area (Å²) >= 11 is 0. The van der Waals surface area contributed by atoms with E-state index in [2.05, 4.69) is 5.32 Å². The molecule has 0 heterocycles. The summed E-state index contributed by atoms with van der Waals surface area (Å²) in [5.74, 6) is -2.35. The van der Waals surface area contributed by atoms with E-state index in [0.29, 0.717) is 17.3 Å². The van der Waals surface area contributed by atoms with Gasteiger partial charge < -0.3 is 16.2 Å². The number of anilines is 1. The zero-order chi connectivity index (χ0) is 17.0. The van der Waals surface area contributed by atoms with Crippen molar-refractivity contribution in [2.45, 2.75) is 12.5 Å². The van der Waals surface area contributed by atoms with Gasteiger partial charge in [0.25, 0.3) is 5.91 Å². The van der Waals surface area contributed by atoms with Gasteiger partial charge >= 0.3 is 0 Å². The Labute approximate surface area is 131 Å². The number of nitrogens with two attached hydrogens (primary N) is 1. The van der Waals surface area contributed by atoms with Crippen molar-refractivity contribution in [3.8, 4) is 0 Å². The molecule has 7 heteroatoms. The maximum absolute atomic E-state index is 13.1. The van der Waals surface area contributed by atoms with Crippen molar-refractivity contribution >= 4 is 17.4 Å². The van der Waals surface area contributed by atoms with Gasteiger partial charge in [-0.25, -0.2) is 8.78 Å². The third-order valence-electron chi connectivity index (χ3n) is 3.12. The Kier molecular flexibility index (Phi) is 5.02. The van der Waals surface area contributed by atoms with Crippen LogP contribution in [0.3, 0.4) is 0 Å². The van der Waals surface area contributed by atoms with Gasteiger partial charge in [-0.3, -0.25) is 10.2 Å². The van der Waals surface area contributed by atoms with Crippen molar-refractivity contribution in [2.24, 2.45) is 5.73 Å². The molecule has 1 atom stereocenters. The van der Waals surface area contributed by atoms with Gasteiger partial charge in [-0.05, 0) is 42.0 Å². The topological polar surface area (TPSA) is 99.2 Å². The second kappa shape index (κ2) is 6.97. The lowest BCUT2D eigenvalue weighted by atomic mass is 10.1. The summed E-state index contributed by atoms with van der Waals surface area (Å²) in [6.45, 7) is 0. The van der Waals surface area contributed by atoms with Crippen LogP contribution < -0.4 is 11.1 Å². The Bertz CT molecular complexity index is 712. The van der Waals surface area contributed by atoms with Crippen molar-refractivity contribution in [2.75, 3.05) is 5.32 Å². The van der Waals surface area contributed by atoms with Crippen LogP contribution in [-0.2, 0) is 11.2 Å². The first-order valence-corrected chi connectivity index (χ1v) is 6.73. The molecular weight excluding hydrogens is 304 g/mol. The number of aliphatic hydroxyl groups excluding tert-OH is 1. The molecule has 120 valence electrons. The fourth-order valence-electron chi connectivity index (χ4n) is 2.00. The largest absolute Gasteiger partial charge is 0.384 e. The lowest BCUT2D eigenvalue weighted by Crippen LogP contribution is -2.29. The summed E-state index contributed by atoms with van der Waals surface area (Å²) in [5.41, 5.74) is 6.40. The standard InChI is InChI=1S/C16H15F2N3O2/c17-11-5-9(6-12(18)8-11)7-14(22)16(23)21-13-3-1-10(2-4-13)15(19)20/h1-6,8,14,22H,7H2,(H3,19,20)(H,21,23). The highest BCUT2D eigenvalue weighted by Crippen LogP contribution is 2.13. The Morgan fingerprint density at radius 2 is 1.74 bits per heavy atom. The lowest BCUT2D eigenvalue weighted by Gasteiger charge is -2.12. The molecule has 2 rings (SSSR count). The Morgan fingerprint density at radius 3 is 2.26 bits per heavy atom. The molecule has 0 aliphatic rings. The number of benzene rings is 2. The molecule has 0 aliphatic carbocycles. The highest BCUT2D eigenvalue weighted by molar-refractivity contribution is 5.97. The summed E-state index contributed by atoms with van der Waals surface area (Å²) < 4.78 is 26.2. The average Bonchev–Trinajstić information content (AvgIpc) is 2.46. The van der Waals surface area contributed by atoms with Crippen molar-refractivity contribution in [3.05, 3.63) is 65.2 Å². The average molecular weight is 319 g/mol. The minimum atomic E-state index is -1.45. The molecule has 0 radical (unpaired) electrons. The van der Waals surface area contributed by atoms with E-state index >= 15 is 0 Å². The fraction of sp³-hybridized carbons (Fsp3) is 0.125. The molecule has 5 N–H and O–H groups in total. The van der Waals surface area contributed by atoms with Crippen molar-refractivity contribution in [1.29, 1.82) is 5.41 Å². The molecule has 0 aromatic heterocycles. The van der Waals surface area contributed by atoms with Crippen LogP contribution in [-0.4, -0.2) is 23.0 Å². The maximum Gasteiger partial charge on any atom is 0.253 e. The predicted molar refractivity (Wildman–Crippen MR) is 82.2 cm³/mol. The minimum absolute atomic E-state index is 0.101. The normalized spacial score (nSPS) is 11.8. The van der Waals surface area contributed by atoms with Gasteiger partial charge in [0.15, 0.2) is 0 Å². The molecule has 0 saturated heterocycles. The molecule has 0 bridgehead atoms. The number of carbonyl (C=O) groups is 1. The highest BCUT2D eigenvalue weighted by atomic mass is 19.1. The molecule has 0 aliphatic heterocycles. The van der Waals surface area contributed by atoms with Crippen molar-refractivity contribution < 1.29 is 18.7 Å². The van der Waals surface area contributed by atoms with E-state index in [4.69, 9.17) is 11.1 Å². The first-order valence-electron chi connectivity index (χ1n) is 6.73. The van der Waals surface area contributed by atoms with Crippen LogP contribution in [0.5, 0.6) is 0 Å². The molecular formula is C16H15F2N3O2. The number of rotatable bonds is 5. The molecule has 23 heavy (non-hydrogen) atoms. The zero-order valence-electron chi connectivity index (χ0n) is 12.0. The van der Waals surface area contributed by atoms with Gasteiger partial charge in [-0.2, -0.15) is 0 Å². The van der Waals surface area contributed by atoms with Crippen LogP contribution in [0.2, 0.25) is 0 Å². The molecule has 0 spiro atoms. The second-order valence-corrected chi connectivity index (χ2v) is 4.98. The molecule has 2 aromatic carbocycles. The highest BCUT2D eigenvalue weighted by Gasteiger charge is 2.17. The summed E-state index contributed by atoms with van der Waals surface area (Å²) in [7, 11) is 0. The van der Waals surface area contributed by atoms with E-state index in [0.717, 1.165) is 12.1 Å². The first-order chi connectivity index (χ1) is 10.8. The quantitative estimate of drug-likeness (QED) is 0.499. The molecule has 0 fully saturated rings. The molecule has 1 unspecified atom stereocenters. The number of nitrogens with one attached hydrogen (secondary N) is 2. The lowest BCUT2D eigenvalue weighted by molar-refractivity contribution is -0.123. The number of amides is 1. The Balaban J connectivity index is 2.00. The van der Waals surface area contributed by atoms with Crippen LogP contribution in [0, 0.1) is 17.0 Å². The number of nitrogen functional groups attached to an aromatic ring is 1. The number of hydrogen-bond acceptors (Lipinski definition) is 3. The molecule has 0 saturated carbocycles.